The molecule has 0 bridgehead atoms. The molecular formula is C18H21N3O3. The van der Waals surface area contributed by atoms with Gasteiger partial charge in [-0.1, -0.05) is 18.2 Å². The average Bonchev–Trinajstić information content (AvgIpc) is 3.09. The van der Waals surface area contributed by atoms with Gasteiger partial charge in [0.2, 0.25) is 5.91 Å². The number of amides is 1. The van der Waals surface area contributed by atoms with E-state index in [9.17, 15) is 9.59 Å². The van der Waals surface area contributed by atoms with Crippen LogP contribution in [0, 0.1) is 5.92 Å². The maximum absolute atomic E-state index is 12.3. The zero-order chi connectivity index (χ0) is 16.9. The van der Waals surface area contributed by atoms with Crippen molar-refractivity contribution in [1.29, 1.82) is 0 Å². The molecule has 0 spiro atoms. The Kier molecular flexibility index (Phi) is 4.93. The van der Waals surface area contributed by atoms with E-state index in [1.165, 1.54) is 0 Å². The molecule has 0 unspecified atom stereocenters. The summed E-state index contributed by atoms with van der Waals surface area (Å²) in [5.74, 6) is -1.21. The van der Waals surface area contributed by atoms with Crippen molar-refractivity contribution in [3.05, 3.63) is 48.3 Å². The molecule has 6 heteroatoms. The molecule has 3 rings (SSSR count). The van der Waals surface area contributed by atoms with Crippen LogP contribution in [0.5, 0.6) is 0 Å². The van der Waals surface area contributed by atoms with E-state index in [0.29, 0.717) is 32.4 Å². The van der Waals surface area contributed by atoms with Gasteiger partial charge < -0.3 is 10.0 Å². The molecule has 1 atom stereocenters. The lowest BCUT2D eigenvalue weighted by Crippen LogP contribution is -2.42. The molecule has 0 radical (unpaired) electrons. The number of carboxylic acids is 1. The molecule has 0 aliphatic carbocycles. The fourth-order valence-corrected chi connectivity index (χ4v) is 3.03. The van der Waals surface area contributed by atoms with Crippen LogP contribution >= 0.6 is 0 Å². The summed E-state index contributed by atoms with van der Waals surface area (Å²) in [6.07, 6.45) is 6.11. The summed E-state index contributed by atoms with van der Waals surface area (Å²) in [5, 5.41) is 13.4. The number of hydrogen-bond donors (Lipinski definition) is 1. The van der Waals surface area contributed by atoms with Gasteiger partial charge in [-0.3, -0.25) is 9.59 Å². The Morgan fingerprint density at radius 3 is 2.79 bits per heavy atom. The lowest BCUT2D eigenvalue weighted by atomic mass is 9.98. The number of hydrogen-bond acceptors (Lipinski definition) is 3. The second-order valence-corrected chi connectivity index (χ2v) is 6.15. The molecule has 24 heavy (non-hydrogen) atoms. The summed E-state index contributed by atoms with van der Waals surface area (Å²) >= 11 is 0. The maximum Gasteiger partial charge on any atom is 0.308 e. The van der Waals surface area contributed by atoms with Gasteiger partial charge in [-0.2, -0.15) is 5.10 Å². The average molecular weight is 327 g/mol. The van der Waals surface area contributed by atoms with Crippen molar-refractivity contribution in [2.75, 3.05) is 13.1 Å². The van der Waals surface area contributed by atoms with Crippen molar-refractivity contribution in [2.24, 2.45) is 5.92 Å². The fourth-order valence-electron chi connectivity index (χ4n) is 3.03. The molecule has 1 N–H and O–H groups in total. The summed E-state index contributed by atoms with van der Waals surface area (Å²) in [5.41, 5.74) is 1.98. The number of nitrogens with zero attached hydrogens (tertiary/aromatic N) is 3. The second-order valence-electron chi connectivity index (χ2n) is 6.15. The number of carboxylic acid groups (broad SMARTS) is 1. The molecule has 1 amide bonds. The van der Waals surface area contributed by atoms with Crippen LogP contribution in [0.2, 0.25) is 0 Å². The van der Waals surface area contributed by atoms with Gasteiger partial charge in [-0.25, -0.2) is 4.68 Å². The standard InChI is InChI=1S/C18H21N3O3/c22-17(20-10-4-5-15(13-20)18(23)24)9-8-14-11-19-21(12-14)16-6-2-1-3-7-16/h1-3,6-7,11-12,15H,4-5,8-10,13H2,(H,23,24)/t15-/m0/s1. The van der Waals surface area contributed by atoms with Gasteiger partial charge in [0, 0.05) is 25.7 Å². The molecule has 1 aromatic carbocycles. The van der Waals surface area contributed by atoms with Crippen LogP contribution in [0.25, 0.3) is 5.69 Å². The Morgan fingerprint density at radius 2 is 2.04 bits per heavy atom. The molecule has 1 aliphatic heterocycles. The van der Waals surface area contributed by atoms with Crippen molar-refractivity contribution in [2.45, 2.75) is 25.7 Å². The Balaban J connectivity index is 1.55. The number of aryl methyl sites for hydroxylation is 1. The molecule has 126 valence electrons. The van der Waals surface area contributed by atoms with Crippen LogP contribution in [0.3, 0.4) is 0 Å². The molecule has 2 heterocycles. The molecule has 6 nitrogen and oxygen atoms in total. The lowest BCUT2D eigenvalue weighted by molar-refractivity contribution is -0.145. The first-order chi connectivity index (χ1) is 11.6. The summed E-state index contributed by atoms with van der Waals surface area (Å²) in [4.78, 5) is 25.1. The van der Waals surface area contributed by atoms with Crippen molar-refractivity contribution < 1.29 is 14.7 Å². The Bertz CT molecular complexity index is 711. The van der Waals surface area contributed by atoms with E-state index in [-0.39, 0.29) is 5.91 Å². The third-order valence-electron chi connectivity index (χ3n) is 4.41. The Morgan fingerprint density at radius 1 is 1.25 bits per heavy atom. The van der Waals surface area contributed by atoms with E-state index >= 15 is 0 Å². The van der Waals surface area contributed by atoms with Gasteiger partial charge in [-0.05, 0) is 37.0 Å². The van der Waals surface area contributed by atoms with Gasteiger partial charge in [0.25, 0.3) is 0 Å². The molecule has 2 aromatic rings. The number of likely N-dealkylation sites (tertiary alicyclic amines) is 1. The molecule has 0 saturated carbocycles. The SMILES string of the molecule is O=C(O)[C@H]1CCCN(C(=O)CCc2cnn(-c3ccccc3)c2)C1. The normalized spacial score (nSPS) is 17.7. The number of carbonyl (C=O) groups excluding carboxylic acids is 1. The van der Waals surface area contributed by atoms with E-state index in [2.05, 4.69) is 5.10 Å². The van der Waals surface area contributed by atoms with E-state index in [4.69, 9.17) is 5.11 Å². The van der Waals surface area contributed by atoms with Gasteiger partial charge in [0.15, 0.2) is 0 Å². The first-order valence-electron chi connectivity index (χ1n) is 8.23. The summed E-state index contributed by atoms with van der Waals surface area (Å²) in [7, 11) is 0. The first kappa shape index (κ1) is 16.2. The van der Waals surface area contributed by atoms with Crippen LogP contribution in [-0.4, -0.2) is 44.8 Å². The van der Waals surface area contributed by atoms with Gasteiger partial charge in [0.1, 0.15) is 0 Å². The Labute approximate surface area is 140 Å². The minimum atomic E-state index is -0.809. The predicted molar refractivity (Wildman–Crippen MR) is 88.8 cm³/mol. The molecule has 1 aromatic heterocycles. The maximum atomic E-state index is 12.3. The number of piperidine rings is 1. The van der Waals surface area contributed by atoms with E-state index in [1.807, 2.05) is 36.5 Å². The highest BCUT2D eigenvalue weighted by Crippen LogP contribution is 2.18. The third-order valence-corrected chi connectivity index (χ3v) is 4.41. The van der Waals surface area contributed by atoms with Crippen molar-refractivity contribution >= 4 is 11.9 Å². The number of carbonyl (C=O) groups is 2. The van der Waals surface area contributed by atoms with E-state index < -0.39 is 11.9 Å². The highest BCUT2D eigenvalue weighted by molar-refractivity contribution is 5.78. The number of rotatable bonds is 5. The summed E-state index contributed by atoms with van der Waals surface area (Å²) in [6, 6.07) is 9.81. The molecule has 1 aliphatic rings. The number of benzene rings is 1. The van der Waals surface area contributed by atoms with Crippen LogP contribution in [0.15, 0.2) is 42.7 Å². The van der Waals surface area contributed by atoms with Gasteiger partial charge in [0.05, 0.1) is 17.8 Å². The fraction of sp³-hybridized carbons (Fsp3) is 0.389. The summed E-state index contributed by atoms with van der Waals surface area (Å²) < 4.78 is 1.79. The topological polar surface area (TPSA) is 75.4 Å². The van der Waals surface area contributed by atoms with E-state index in [0.717, 1.165) is 17.7 Å². The van der Waals surface area contributed by atoms with Crippen LogP contribution < -0.4 is 0 Å². The minimum Gasteiger partial charge on any atom is -0.481 e. The van der Waals surface area contributed by atoms with Crippen molar-refractivity contribution in [1.82, 2.24) is 14.7 Å². The highest BCUT2D eigenvalue weighted by atomic mass is 16.4. The minimum absolute atomic E-state index is 0.0217. The monoisotopic (exact) mass is 327 g/mol. The molecular weight excluding hydrogens is 306 g/mol. The summed E-state index contributed by atoms with van der Waals surface area (Å²) in [6.45, 7) is 0.989. The predicted octanol–water partition coefficient (Wildman–Crippen LogP) is 2.13. The van der Waals surface area contributed by atoms with Crippen LogP contribution in [0.1, 0.15) is 24.8 Å². The third kappa shape index (κ3) is 3.82. The first-order valence-corrected chi connectivity index (χ1v) is 8.23. The molecule has 1 fully saturated rings. The quantitative estimate of drug-likeness (QED) is 0.913. The van der Waals surface area contributed by atoms with Crippen molar-refractivity contribution in [3.8, 4) is 5.69 Å². The lowest BCUT2D eigenvalue weighted by Gasteiger charge is -2.30. The number of para-hydroxylation sites is 1. The largest absolute Gasteiger partial charge is 0.481 e. The zero-order valence-electron chi connectivity index (χ0n) is 13.5. The van der Waals surface area contributed by atoms with Crippen LogP contribution in [-0.2, 0) is 16.0 Å². The van der Waals surface area contributed by atoms with Gasteiger partial charge >= 0.3 is 5.97 Å². The van der Waals surface area contributed by atoms with Crippen LogP contribution in [0.4, 0.5) is 0 Å². The number of aliphatic carboxylic acids is 1. The second kappa shape index (κ2) is 7.29. The van der Waals surface area contributed by atoms with Crippen molar-refractivity contribution in [3.63, 3.8) is 0 Å². The van der Waals surface area contributed by atoms with E-state index in [1.54, 1.807) is 15.8 Å². The highest BCUT2D eigenvalue weighted by Gasteiger charge is 2.27. The molecule has 1 saturated heterocycles. The smallest absolute Gasteiger partial charge is 0.308 e. The number of aromatic nitrogens is 2. The Hall–Kier alpha value is -2.63. The van der Waals surface area contributed by atoms with Gasteiger partial charge in [-0.15, -0.1) is 0 Å². The zero-order valence-corrected chi connectivity index (χ0v) is 13.5.